The maximum absolute atomic E-state index is 5.86. The predicted octanol–water partition coefficient (Wildman–Crippen LogP) is 4.70. The SMILES string of the molecule is CCCNc1ncc(COc2ccc3ccccc3c2)s1. The number of ether oxygens (including phenoxy) is 1. The third-order valence-electron chi connectivity index (χ3n) is 3.18. The van der Waals surface area contributed by atoms with Crippen LogP contribution in [0.2, 0.25) is 0 Å². The molecule has 0 aliphatic carbocycles. The monoisotopic (exact) mass is 298 g/mol. The van der Waals surface area contributed by atoms with Crippen molar-refractivity contribution in [1.82, 2.24) is 4.98 Å². The van der Waals surface area contributed by atoms with Crippen LogP contribution < -0.4 is 10.1 Å². The number of aromatic nitrogens is 1. The number of hydrogen-bond donors (Lipinski definition) is 1. The van der Waals surface area contributed by atoms with E-state index in [0.717, 1.165) is 28.7 Å². The maximum Gasteiger partial charge on any atom is 0.182 e. The summed E-state index contributed by atoms with van der Waals surface area (Å²) in [6.45, 7) is 3.66. The number of anilines is 1. The van der Waals surface area contributed by atoms with Crippen LogP contribution in [0.3, 0.4) is 0 Å². The number of thiazole rings is 1. The molecular weight excluding hydrogens is 280 g/mol. The van der Waals surface area contributed by atoms with E-state index in [0.29, 0.717) is 6.61 Å². The summed E-state index contributed by atoms with van der Waals surface area (Å²) in [4.78, 5) is 5.47. The summed E-state index contributed by atoms with van der Waals surface area (Å²) in [7, 11) is 0. The Balaban J connectivity index is 1.64. The molecule has 0 atom stereocenters. The maximum atomic E-state index is 5.86. The number of benzene rings is 2. The average molecular weight is 298 g/mol. The third kappa shape index (κ3) is 3.52. The molecule has 0 saturated heterocycles. The molecule has 0 aliphatic rings. The van der Waals surface area contributed by atoms with Crippen LogP contribution in [0.25, 0.3) is 10.8 Å². The van der Waals surface area contributed by atoms with Crippen molar-refractivity contribution in [3.63, 3.8) is 0 Å². The fraction of sp³-hybridized carbons (Fsp3) is 0.235. The van der Waals surface area contributed by atoms with Crippen LogP contribution in [-0.2, 0) is 6.61 Å². The second-order valence-electron chi connectivity index (χ2n) is 4.86. The molecule has 3 rings (SSSR count). The summed E-state index contributed by atoms with van der Waals surface area (Å²) < 4.78 is 5.86. The first kappa shape index (κ1) is 13.9. The summed E-state index contributed by atoms with van der Waals surface area (Å²) in [5.41, 5.74) is 0. The molecule has 0 aliphatic heterocycles. The first-order valence-electron chi connectivity index (χ1n) is 7.15. The molecule has 1 heterocycles. The van der Waals surface area contributed by atoms with E-state index >= 15 is 0 Å². The second kappa shape index (κ2) is 6.59. The second-order valence-corrected chi connectivity index (χ2v) is 5.97. The zero-order valence-corrected chi connectivity index (χ0v) is 12.8. The van der Waals surface area contributed by atoms with Crippen molar-refractivity contribution in [2.45, 2.75) is 20.0 Å². The van der Waals surface area contributed by atoms with Gasteiger partial charge in [0.1, 0.15) is 12.4 Å². The summed E-state index contributed by atoms with van der Waals surface area (Å²) in [6, 6.07) is 14.5. The van der Waals surface area contributed by atoms with Crippen molar-refractivity contribution in [2.75, 3.05) is 11.9 Å². The third-order valence-corrected chi connectivity index (χ3v) is 4.11. The van der Waals surface area contributed by atoms with Gasteiger partial charge in [0, 0.05) is 12.7 Å². The standard InChI is InChI=1S/C17H18N2OS/c1-2-9-18-17-19-11-16(21-17)12-20-15-8-7-13-5-3-4-6-14(13)10-15/h3-8,10-11H,2,9,12H2,1H3,(H,18,19). The number of nitrogens with one attached hydrogen (secondary N) is 1. The van der Waals surface area contributed by atoms with Crippen molar-refractivity contribution < 1.29 is 4.74 Å². The first-order valence-corrected chi connectivity index (χ1v) is 7.97. The topological polar surface area (TPSA) is 34.2 Å². The number of nitrogens with zero attached hydrogens (tertiary/aromatic N) is 1. The van der Waals surface area contributed by atoms with Gasteiger partial charge in [0.25, 0.3) is 0 Å². The normalized spacial score (nSPS) is 10.7. The van der Waals surface area contributed by atoms with Gasteiger partial charge in [-0.2, -0.15) is 0 Å². The molecule has 1 N–H and O–H groups in total. The lowest BCUT2D eigenvalue weighted by Gasteiger charge is -2.05. The van der Waals surface area contributed by atoms with E-state index in [1.165, 1.54) is 10.8 Å². The summed E-state index contributed by atoms with van der Waals surface area (Å²) in [5.74, 6) is 0.894. The molecule has 2 aromatic carbocycles. The minimum Gasteiger partial charge on any atom is -0.488 e. The fourth-order valence-electron chi connectivity index (χ4n) is 2.10. The minimum atomic E-state index is 0.559. The highest BCUT2D eigenvalue weighted by Crippen LogP contribution is 2.23. The molecule has 0 fully saturated rings. The van der Waals surface area contributed by atoms with Crippen molar-refractivity contribution >= 4 is 27.2 Å². The molecule has 21 heavy (non-hydrogen) atoms. The molecule has 4 heteroatoms. The Morgan fingerprint density at radius 1 is 1.14 bits per heavy atom. The molecule has 108 valence electrons. The Labute approximate surface area is 128 Å². The van der Waals surface area contributed by atoms with E-state index < -0.39 is 0 Å². The molecule has 0 bridgehead atoms. The number of hydrogen-bond acceptors (Lipinski definition) is 4. The van der Waals surface area contributed by atoms with Crippen LogP contribution in [0.4, 0.5) is 5.13 Å². The zero-order valence-electron chi connectivity index (χ0n) is 12.0. The van der Waals surface area contributed by atoms with E-state index in [1.807, 2.05) is 24.4 Å². The van der Waals surface area contributed by atoms with Crippen molar-refractivity contribution in [3.8, 4) is 5.75 Å². The Kier molecular flexibility index (Phi) is 4.36. The number of rotatable bonds is 6. The van der Waals surface area contributed by atoms with Gasteiger partial charge >= 0.3 is 0 Å². The Hall–Kier alpha value is -2.07. The smallest absolute Gasteiger partial charge is 0.182 e. The highest BCUT2D eigenvalue weighted by Gasteiger charge is 2.03. The first-order chi connectivity index (χ1) is 10.3. The van der Waals surface area contributed by atoms with E-state index in [1.54, 1.807) is 11.3 Å². The van der Waals surface area contributed by atoms with Crippen LogP contribution >= 0.6 is 11.3 Å². The van der Waals surface area contributed by atoms with Gasteiger partial charge in [-0.3, -0.25) is 0 Å². The predicted molar refractivity (Wildman–Crippen MR) is 89.2 cm³/mol. The zero-order chi connectivity index (χ0) is 14.5. The van der Waals surface area contributed by atoms with Gasteiger partial charge in [-0.15, -0.1) is 0 Å². The van der Waals surface area contributed by atoms with E-state index in [4.69, 9.17) is 4.74 Å². The summed E-state index contributed by atoms with van der Waals surface area (Å²) >= 11 is 1.65. The van der Waals surface area contributed by atoms with Gasteiger partial charge in [0.05, 0.1) is 4.88 Å². The van der Waals surface area contributed by atoms with Crippen LogP contribution in [-0.4, -0.2) is 11.5 Å². The molecule has 0 unspecified atom stereocenters. The molecule has 0 radical (unpaired) electrons. The van der Waals surface area contributed by atoms with E-state index in [-0.39, 0.29) is 0 Å². The van der Waals surface area contributed by atoms with Crippen molar-refractivity contribution in [3.05, 3.63) is 53.5 Å². The Bertz CT molecular complexity index is 723. The Morgan fingerprint density at radius 2 is 2.00 bits per heavy atom. The average Bonchev–Trinajstić information content (AvgIpc) is 2.98. The molecule has 3 aromatic rings. The van der Waals surface area contributed by atoms with Crippen LogP contribution in [0.15, 0.2) is 48.7 Å². The van der Waals surface area contributed by atoms with Gasteiger partial charge in [0.2, 0.25) is 0 Å². The summed E-state index contributed by atoms with van der Waals surface area (Å²) in [5, 5.41) is 6.68. The van der Waals surface area contributed by atoms with Gasteiger partial charge < -0.3 is 10.1 Å². The quantitative estimate of drug-likeness (QED) is 0.716. The van der Waals surface area contributed by atoms with Crippen molar-refractivity contribution in [2.24, 2.45) is 0 Å². The number of fused-ring (bicyclic) bond motifs is 1. The summed E-state index contributed by atoms with van der Waals surface area (Å²) in [6.07, 6.45) is 2.98. The Morgan fingerprint density at radius 3 is 2.86 bits per heavy atom. The van der Waals surface area contributed by atoms with Gasteiger partial charge in [0.15, 0.2) is 5.13 Å². The highest BCUT2D eigenvalue weighted by molar-refractivity contribution is 7.15. The fourth-order valence-corrected chi connectivity index (χ4v) is 2.85. The van der Waals surface area contributed by atoms with Gasteiger partial charge in [-0.05, 0) is 29.3 Å². The molecule has 0 saturated carbocycles. The lowest BCUT2D eigenvalue weighted by molar-refractivity contribution is 0.310. The van der Waals surface area contributed by atoms with Crippen molar-refractivity contribution in [1.29, 1.82) is 0 Å². The molecule has 0 spiro atoms. The van der Waals surface area contributed by atoms with Gasteiger partial charge in [-0.25, -0.2) is 4.98 Å². The molecule has 1 aromatic heterocycles. The van der Waals surface area contributed by atoms with Crippen LogP contribution in [0.1, 0.15) is 18.2 Å². The van der Waals surface area contributed by atoms with Gasteiger partial charge in [-0.1, -0.05) is 48.6 Å². The highest BCUT2D eigenvalue weighted by atomic mass is 32.1. The van der Waals surface area contributed by atoms with E-state index in [2.05, 4.69) is 41.5 Å². The molecule has 0 amide bonds. The lowest BCUT2D eigenvalue weighted by Crippen LogP contribution is -1.97. The largest absolute Gasteiger partial charge is 0.488 e. The minimum absolute atomic E-state index is 0.559. The molecular formula is C17H18N2OS. The van der Waals surface area contributed by atoms with Crippen LogP contribution in [0.5, 0.6) is 5.75 Å². The van der Waals surface area contributed by atoms with E-state index in [9.17, 15) is 0 Å². The van der Waals surface area contributed by atoms with Crippen LogP contribution in [0, 0.1) is 0 Å². The lowest BCUT2D eigenvalue weighted by atomic mass is 10.1. The molecule has 3 nitrogen and oxygen atoms in total.